The molecule has 1 fully saturated rings. The Balaban J connectivity index is 1.84. The number of piperazine rings is 1. The van der Waals surface area contributed by atoms with Gasteiger partial charge >= 0.3 is 0 Å². The number of rotatable bonds is 4. The largest absolute Gasteiger partial charge is 0.377 e. The molecule has 0 spiro atoms. The highest BCUT2D eigenvalue weighted by atomic mass is 19.1. The number of aryl methyl sites for hydroxylation is 1. The predicted molar refractivity (Wildman–Crippen MR) is 110 cm³/mol. The summed E-state index contributed by atoms with van der Waals surface area (Å²) in [5, 5.41) is 2.92. The smallest absolute Gasteiger partial charge is 0.257 e. The van der Waals surface area contributed by atoms with E-state index in [1.807, 2.05) is 44.1 Å². The summed E-state index contributed by atoms with van der Waals surface area (Å²) in [5.41, 5.74) is 4.02. The summed E-state index contributed by atoms with van der Waals surface area (Å²) in [6, 6.07) is 10.2. The fourth-order valence-corrected chi connectivity index (χ4v) is 3.45. The maximum absolute atomic E-state index is 13.9. The van der Waals surface area contributed by atoms with Crippen molar-refractivity contribution in [3.8, 4) is 0 Å². The van der Waals surface area contributed by atoms with E-state index in [1.165, 1.54) is 12.1 Å². The van der Waals surface area contributed by atoms with Gasteiger partial charge in [0, 0.05) is 57.3 Å². The average Bonchev–Trinajstić information content (AvgIpc) is 2.62. The van der Waals surface area contributed by atoms with Crippen LogP contribution in [-0.4, -0.2) is 58.1 Å². The van der Waals surface area contributed by atoms with Crippen LogP contribution in [0.2, 0.25) is 0 Å². The van der Waals surface area contributed by atoms with Gasteiger partial charge in [-0.15, -0.1) is 0 Å². The van der Waals surface area contributed by atoms with Crippen LogP contribution in [0.1, 0.15) is 15.9 Å². The molecule has 0 unspecified atom stereocenters. The van der Waals surface area contributed by atoms with Gasteiger partial charge < -0.3 is 20.0 Å². The molecule has 1 amide bonds. The molecule has 0 aromatic heterocycles. The summed E-state index contributed by atoms with van der Waals surface area (Å²) in [7, 11) is 6.04. The van der Waals surface area contributed by atoms with Crippen molar-refractivity contribution in [2.75, 3.05) is 62.4 Å². The van der Waals surface area contributed by atoms with Crippen LogP contribution in [0.25, 0.3) is 0 Å². The minimum atomic E-state index is -0.405. The zero-order valence-electron chi connectivity index (χ0n) is 16.4. The van der Waals surface area contributed by atoms with Gasteiger partial charge in [-0.3, -0.25) is 4.79 Å². The van der Waals surface area contributed by atoms with Crippen molar-refractivity contribution in [3.05, 3.63) is 53.3 Å². The highest BCUT2D eigenvalue weighted by Gasteiger charge is 2.21. The van der Waals surface area contributed by atoms with Crippen molar-refractivity contribution in [2.45, 2.75) is 6.92 Å². The first-order valence-electron chi connectivity index (χ1n) is 9.17. The Morgan fingerprint density at radius 3 is 2.41 bits per heavy atom. The first kappa shape index (κ1) is 19.2. The lowest BCUT2D eigenvalue weighted by Crippen LogP contribution is -2.45. The maximum atomic E-state index is 13.9. The monoisotopic (exact) mass is 370 g/mol. The molecule has 2 aromatic rings. The second-order valence-electron chi connectivity index (χ2n) is 7.30. The summed E-state index contributed by atoms with van der Waals surface area (Å²) in [4.78, 5) is 19.3. The molecule has 1 aliphatic rings. The number of hydrogen-bond acceptors (Lipinski definition) is 4. The zero-order chi connectivity index (χ0) is 19.6. The Labute approximate surface area is 160 Å². The number of benzene rings is 2. The van der Waals surface area contributed by atoms with Gasteiger partial charge in [0.1, 0.15) is 5.82 Å². The number of nitrogens with one attached hydrogen (secondary N) is 1. The fourth-order valence-electron chi connectivity index (χ4n) is 3.45. The Morgan fingerprint density at radius 2 is 1.78 bits per heavy atom. The van der Waals surface area contributed by atoms with Crippen LogP contribution in [0.4, 0.5) is 21.5 Å². The number of halogens is 1. The van der Waals surface area contributed by atoms with Crippen molar-refractivity contribution in [3.63, 3.8) is 0 Å². The Kier molecular flexibility index (Phi) is 5.65. The number of likely N-dealkylation sites (N-methyl/N-ethyl adjacent to an activating group) is 1. The van der Waals surface area contributed by atoms with Gasteiger partial charge in [0.05, 0.1) is 5.56 Å². The van der Waals surface area contributed by atoms with Gasteiger partial charge in [-0.05, 0) is 55.9 Å². The molecule has 5 nitrogen and oxygen atoms in total. The molecule has 2 aromatic carbocycles. The zero-order valence-corrected chi connectivity index (χ0v) is 16.4. The third-order valence-electron chi connectivity index (χ3n) is 4.98. The third kappa shape index (κ3) is 4.39. The van der Waals surface area contributed by atoms with E-state index in [2.05, 4.69) is 22.2 Å². The van der Waals surface area contributed by atoms with Crippen LogP contribution in [0.5, 0.6) is 0 Å². The fraction of sp³-hybridized carbons (Fsp3) is 0.381. The number of carbonyl (C=O) groups is 1. The van der Waals surface area contributed by atoms with Crippen LogP contribution in [0.15, 0.2) is 36.4 Å². The Morgan fingerprint density at radius 1 is 1.07 bits per heavy atom. The van der Waals surface area contributed by atoms with E-state index < -0.39 is 5.82 Å². The standard InChI is InChI=1S/C21H27FN4O/c1-15-13-17(6-8-19(15)24(2)3)23-21(27)18-14-16(22)5-7-20(18)26-11-9-25(4)10-12-26/h5-8,13-14H,9-12H2,1-4H3,(H,23,27). The van der Waals surface area contributed by atoms with Crippen LogP contribution in [0.3, 0.4) is 0 Å². The maximum Gasteiger partial charge on any atom is 0.257 e. The minimum absolute atomic E-state index is 0.291. The van der Waals surface area contributed by atoms with Crippen molar-refractivity contribution in [1.29, 1.82) is 0 Å². The quantitative estimate of drug-likeness (QED) is 0.897. The molecule has 1 N–H and O–H groups in total. The molecule has 0 atom stereocenters. The molecule has 0 saturated carbocycles. The van der Waals surface area contributed by atoms with E-state index >= 15 is 0 Å². The van der Waals surface area contributed by atoms with Gasteiger partial charge in [-0.25, -0.2) is 4.39 Å². The summed E-state index contributed by atoms with van der Waals surface area (Å²) < 4.78 is 13.9. The van der Waals surface area contributed by atoms with Gasteiger partial charge in [0.15, 0.2) is 0 Å². The Hall–Kier alpha value is -2.60. The molecule has 1 aliphatic heterocycles. The molecular formula is C21H27FN4O. The van der Waals surface area contributed by atoms with E-state index in [0.717, 1.165) is 43.1 Å². The minimum Gasteiger partial charge on any atom is -0.377 e. The van der Waals surface area contributed by atoms with Gasteiger partial charge in [-0.2, -0.15) is 0 Å². The summed E-state index contributed by atoms with van der Waals surface area (Å²) >= 11 is 0. The van der Waals surface area contributed by atoms with Crippen LogP contribution < -0.4 is 15.1 Å². The lowest BCUT2D eigenvalue weighted by atomic mass is 10.1. The van der Waals surface area contributed by atoms with Crippen LogP contribution in [0, 0.1) is 12.7 Å². The van der Waals surface area contributed by atoms with Crippen molar-refractivity contribution in [1.82, 2.24) is 4.90 Å². The highest BCUT2D eigenvalue weighted by Crippen LogP contribution is 2.26. The topological polar surface area (TPSA) is 38.8 Å². The molecule has 27 heavy (non-hydrogen) atoms. The van der Waals surface area contributed by atoms with E-state index in [9.17, 15) is 9.18 Å². The number of carbonyl (C=O) groups excluding carboxylic acids is 1. The van der Waals surface area contributed by atoms with Crippen molar-refractivity contribution < 1.29 is 9.18 Å². The van der Waals surface area contributed by atoms with Gasteiger partial charge in [-0.1, -0.05) is 0 Å². The molecule has 1 heterocycles. The SMILES string of the molecule is Cc1cc(NC(=O)c2cc(F)ccc2N2CCN(C)CC2)ccc1N(C)C. The molecular weight excluding hydrogens is 343 g/mol. The second kappa shape index (κ2) is 7.96. The van der Waals surface area contributed by atoms with Crippen LogP contribution in [-0.2, 0) is 0 Å². The summed E-state index contributed by atoms with van der Waals surface area (Å²) in [5.74, 6) is -0.697. The molecule has 6 heteroatoms. The number of amides is 1. The van der Waals surface area contributed by atoms with Crippen molar-refractivity contribution >= 4 is 23.0 Å². The van der Waals surface area contributed by atoms with Gasteiger partial charge in [0.2, 0.25) is 0 Å². The first-order chi connectivity index (χ1) is 12.8. The highest BCUT2D eigenvalue weighted by molar-refractivity contribution is 6.08. The molecule has 0 radical (unpaired) electrons. The van der Waals surface area contributed by atoms with E-state index in [4.69, 9.17) is 0 Å². The summed E-state index contributed by atoms with van der Waals surface area (Å²) in [6.45, 7) is 5.48. The van der Waals surface area contributed by atoms with Gasteiger partial charge in [0.25, 0.3) is 5.91 Å². The molecule has 3 rings (SSSR count). The van der Waals surface area contributed by atoms with E-state index in [-0.39, 0.29) is 5.91 Å². The molecule has 144 valence electrons. The van der Waals surface area contributed by atoms with Crippen molar-refractivity contribution in [2.24, 2.45) is 0 Å². The molecule has 0 aliphatic carbocycles. The number of anilines is 3. The molecule has 1 saturated heterocycles. The van der Waals surface area contributed by atoms with E-state index in [1.54, 1.807) is 6.07 Å². The normalized spacial score (nSPS) is 14.9. The first-order valence-corrected chi connectivity index (χ1v) is 9.17. The third-order valence-corrected chi connectivity index (χ3v) is 4.98. The second-order valence-corrected chi connectivity index (χ2v) is 7.30. The lowest BCUT2D eigenvalue weighted by molar-refractivity contribution is 0.102. The van der Waals surface area contributed by atoms with E-state index in [0.29, 0.717) is 11.3 Å². The Bertz CT molecular complexity index is 829. The lowest BCUT2D eigenvalue weighted by Gasteiger charge is -2.35. The average molecular weight is 370 g/mol. The molecule has 0 bridgehead atoms. The predicted octanol–water partition coefficient (Wildman–Crippen LogP) is 3.20. The number of nitrogens with zero attached hydrogens (tertiary/aromatic N) is 3. The van der Waals surface area contributed by atoms with Crippen LogP contribution >= 0.6 is 0 Å². The summed E-state index contributed by atoms with van der Waals surface area (Å²) in [6.07, 6.45) is 0. The number of hydrogen-bond donors (Lipinski definition) is 1.